The molecule has 94 valence electrons. The third-order valence-corrected chi connectivity index (χ3v) is 2.54. The van der Waals surface area contributed by atoms with E-state index in [1.54, 1.807) is 6.20 Å². The molecule has 0 aliphatic carbocycles. The van der Waals surface area contributed by atoms with Gasteiger partial charge in [-0.2, -0.15) is 0 Å². The molecule has 0 aliphatic heterocycles. The second-order valence-electron chi connectivity index (χ2n) is 4.28. The first kappa shape index (κ1) is 12.5. The average molecular weight is 242 g/mol. The summed E-state index contributed by atoms with van der Waals surface area (Å²) in [6.07, 6.45) is 5.43. The Morgan fingerprint density at radius 2 is 2.17 bits per heavy atom. The van der Waals surface area contributed by atoms with Crippen LogP contribution in [-0.4, -0.2) is 21.5 Å². The van der Waals surface area contributed by atoms with Gasteiger partial charge >= 0.3 is 0 Å². The number of pyridine rings is 1. The van der Waals surface area contributed by atoms with Crippen LogP contribution in [0.15, 0.2) is 30.6 Å². The Balaban J connectivity index is 2.15. The van der Waals surface area contributed by atoms with Crippen LogP contribution >= 0.6 is 0 Å². The molecule has 0 unspecified atom stereocenters. The fraction of sp³-hybridized carbons (Fsp3) is 0.357. The van der Waals surface area contributed by atoms with Crippen molar-refractivity contribution in [1.29, 1.82) is 0 Å². The second kappa shape index (κ2) is 6.10. The molecule has 1 N–H and O–H groups in total. The zero-order valence-corrected chi connectivity index (χ0v) is 10.8. The number of hydrogen-bond donors (Lipinski definition) is 1. The number of aryl methyl sites for hydroxylation is 1. The minimum Gasteiger partial charge on any atom is -0.370 e. The molecule has 2 heterocycles. The number of rotatable bonds is 5. The summed E-state index contributed by atoms with van der Waals surface area (Å²) < 4.78 is 0. The molecule has 0 aliphatic rings. The fourth-order valence-corrected chi connectivity index (χ4v) is 1.74. The van der Waals surface area contributed by atoms with Gasteiger partial charge in [0.2, 0.25) is 0 Å². The first-order chi connectivity index (χ1) is 8.78. The Morgan fingerprint density at radius 3 is 2.89 bits per heavy atom. The molecule has 0 saturated carbocycles. The highest BCUT2D eigenvalue weighted by Crippen LogP contribution is 2.09. The molecule has 0 radical (unpaired) electrons. The Labute approximate surface area is 108 Å². The van der Waals surface area contributed by atoms with E-state index >= 15 is 0 Å². The van der Waals surface area contributed by atoms with Crippen molar-refractivity contribution < 1.29 is 0 Å². The van der Waals surface area contributed by atoms with E-state index in [-0.39, 0.29) is 0 Å². The summed E-state index contributed by atoms with van der Waals surface area (Å²) in [5.41, 5.74) is 2.12. The lowest BCUT2D eigenvalue weighted by molar-refractivity contribution is 0.914. The van der Waals surface area contributed by atoms with Gasteiger partial charge in [-0.1, -0.05) is 13.0 Å². The summed E-state index contributed by atoms with van der Waals surface area (Å²) in [7, 11) is 0. The molecular weight excluding hydrogens is 224 g/mol. The van der Waals surface area contributed by atoms with E-state index in [2.05, 4.69) is 27.2 Å². The van der Waals surface area contributed by atoms with Gasteiger partial charge in [0.15, 0.2) is 0 Å². The zero-order valence-electron chi connectivity index (χ0n) is 10.8. The smallest absolute Gasteiger partial charge is 0.135 e. The summed E-state index contributed by atoms with van der Waals surface area (Å²) in [6, 6.07) is 5.95. The van der Waals surface area contributed by atoms with Gasteiger partial charge in [-0.25, -0.2) is 9.97 Å². The summed E-state index contributed by atoms with van der Waals surface area (Å²) in [5, 5.41) is 3.29. The maximum Gasteiger partial charge on any atom is 0.135 e. The van der Waals surface area contributed by atoms with Gasteiger partial charge < -0.3 is 5.32 Å². The number of anilines is 1. The lowest BCUT2D eigenvalue weighted by Crippen LogP contribution is -2.06. The Morgan fingerprint density at radius 1 is 1.28 bits per heavy atom. The highest BCUT2D eigenvalue weighted by atomic mass is 15.0. The van der Waals surface area contributed by atoms with Gasteiger partial charge in [0, 0.05) is 37.1 Å². The third kappa shape index (κ3) is 3.52. The molecule has 0 aromatic carbocycles. The van der Waals surface area contributed by atoms with Crippen molar-refractivity contribution in [2.75, 3.05) is 11.9 Å². The average Bonchev–Trinajstić information content (AvgIpc) is 2.37. The molecule has 0 spiro atoms. The normalized spacial score (nSPS) is 10.3. The highest BCUT2D eigenvalue weighted by Gasteiger charge is 2.03. The van der Waals surface area contributed by atoms with Crippen molar-refractivity contribution in [3.63, 3.8) is 0 Å². The van der Waals surface area contributed by atoms with Crippen molar-refractivity contribution in [3.8, 4) is 0 Å². The van der Waals surface area contributed by atoms with Crippen LogP contribution < -0.4 is 5.32 Å². The van der Waals surface area contributed by atoms with Crippen molar-refractivity contribution >= 4 is 5.82 Å². The third-order valence-electron chi connectivity index (χ3n) is 2.54. The molecule has 2 aromatic heterocycles. The van der Waals surface area contributed by atoms with E-state index in [1.165, 1.54) is 0 Å². The standard InChI is InChI=1S/C14H18N4/c1-3-6-16-13-8-11(2)17-14(18-13)9-12-5-4-7-15-10-12/h4-5,7-8,10H,3,6,9H2,1-2H3,(H,16,17,18). The van der Waals surface area contributed by atoms with E-state index in [0.717, 1.165) is 42.3 Å². The largest absolute Gasteiger partial charge is 0.370 e. The zero-order chi connectivity index (χ0) is 12.8. The van der Waals surface area contributed by atoms with Gasteiger partial charge in [0.05, 0.1) is 0 Å². The van der Waals surface area contributed by atoms with Crippen LogP contribution in [0, 0.1) is 6.92 Å². The van der Waals surface area contributed by atoms with E-state index < -0.39 is 0 Å². The van der Waals surface area contributed by atoms with Crippen LogP contribution in [0.3, 0.4) is 0 Å². The van der Waals surface area contributed by atoms with E-state index in [9.17, 15) is 0 Å². The van der Waals surface area contributed by atoms with E-state index in [4.69, 9.17) is 0 Å². The van der Waals surface area contributed by atoms with Crippen LogP contribution in [0.2, 0.25) is 0 Å². The molecule has 4 heteroatoms. The maximum atomic E-state index is 4.52. The molecule has 0 amide bonds. The van der Waals surface area contributed by atoms with Crippen LogP contribution in [0.25, 0.3) is 0 Å². The summed E-state index contributed by atoms with van der Waals surface area (Å²) >= 11 is 0. The minimum absolute atomic E-state index is 0.719. The fourth-order valence-electron chi connectivity index (χ4n) is 1.74. The summed E-state index contributed by atoms with van der Waals surface area (Å²) in [6.45, 7) is 5.06. The molecule has 4 nitrogen and oxygen atoms in total. The molecular formula is C14H18N4. The van der Waals surface area contributed by atoms with E-state index in [0.29, 0.717) is 0 Å². The predicted molar refractivity (Wildman–Crippen MR) is 72.6 cm³/mol. The van der Waals surface area contributed by atoms with Crippen molar-refractivity contribution in [2.45, 2.75) is 26.7 Å². The van der Waals surface area contributed by atoms with Gasteiger partial charge in [-0.15, -0.1) is 0 Å². The second-order valence-corrected chi connectivity index (χ2v) is 4.28. The van der Waals surface area contributed by atoms with Gasteiger partial charge in [-0.05, 0) is 25.0 Å². The molecule has 0 fully saturated rings. The lowest BCUT2D eigenvalue weighted by Gasteiger charge is -2.07. The summed E-state index contributed by atoms with van der Waals surface area (Å²) in [5.74, 6) is 1.74. The van der Waals surface area contributed by atoms with Crippen molar-refractivity contribution in [2.24, 2.45) is 0 Å². The first-order valence-electron chi connectivity index (χ1n) is 6.25. The number of nitrogens with zero attached hydrogens (tertiary/aromatic N) is 3. The van der Waals surface area contributed by atoms with Crippen molar-refractivity contribution in [3.05, 3.63) is 47.7 Å². The topological polar surface area (TPSA) is 50.7 Å². The number of hydrogen-bond acceptors (Lipinski definition) is 4. The number of aromatic nitrogens is 3. The van der Waals surface area contributed by atoms with Gasteiger partial charge in [0.25, 0.3) is 0 Å². The van der Waals surface area contributed by atoms with E-state index in [1.807, 2.05) is 31.3 Å². The molecule has 2 aromatic rings. The van der Waals surface area contributed by atoms with Crippen LogP contribution in [0.1, 0.15) is 30.4 Å². The Kier molecular flexibility index (Phi) is 4.23. The first-order valence-corrected chi connectivity index (χ1v) is 6.25. The molecule has 0 atom stereocenters. The lowest BCUT2D eigenvalue weighted by atomic mass is 10.2. The molecule has 0 bridgehead atoms. The minimum atomic E-state index is 0.719. The van der Waals surface area contributed by atoms with Crippen molar-refractivity contribution in [1.82, 2.24) is 15.0 Å². The van der Waals surface area contributed by atoms with Crippen LogP contribution in [-0.2, 0) is 6.42 Å². The number of nitrogens with one attached hydrogen (secondary N) is 1. The quantitative estimate of drug-likeness (QED) is 0.875. The Hall–Kier alpha value is -1.97. The van der Waals surface area contributed by atoms with Gasteiger partial charge in [-0.3, -0.25) is 4.98 Å². The van der Waals surface area contributed by atoms with Crippen LogP contribution in [0.5, 0.6) is 0 Å². The highest BCUT2D eigenvalue weighted by molar-refractivity contribution is 5.36. The summed E-state index contributed by atoms with van der Waals surface area (Å²) in [4.78, 5) is 13.1. The predicted octanol–water partition coefficient (Wildman–Crippen LogP) is 2.59. The maximum absolute atomic E-state index is 4.52. The van der Waals surface area contributed by atoms with Crippen LogP contribution in [0.4, 0.5) is 5.82 Å². The monoisotopic (exact) mass is 242 g/mol. The molecule has 18 heavy (non-hydrogen) atoms. The van der Waals surface area contributed by atoms with Gasteiger partial charge in [0.1, 0.15) is 11.6 Å². The Bertz CT molecular complexity index is 496. The molecule has 0 saturated heterocycles. The SMILES string of the molecule is CCCNc1cc(C)nc(Cc2cccnc2)n1. The molecule has 2 rings (SSSR count).